The van der Waals surface area contributed by atoms with Crippen LogP contribution in [0.4, 0.5) is 5.69 Å². The van der Waals surface area contributed by atoms with Crippen LogP contribution in [-0.2, 0) is 14.3 Å². The minimum atomic E-state index is -1.13. The molecule has 0 bridgehead atoms. The number of halogens is 2. The monoisotopic (exact) mass is 462 g/mol. The van der Waals surface area contributed by atoms with Gasteiger partial charge in [-0.05, 0) is 42.7 Å². The van der Waals surface area contributed by atoms with E-state index < -0.39 is 36.3 Å². The van der Waals surface area contributed by atoms with Gasteiger partial charge >= 0.3 is 5.97 Å². The number of hydrogen-bond donors (Lipinski definition) is 1. The Kier molecular flexibility index (Phi) is 6.97. The van der Waals surface area contributed by atoms with Crippen molar-refractivity contribution in [1.29, 1.82) is 0 Å². The Hall–Kier alpha value is -2.90. The van der Waals surface area contributed by atoms with Gasteiger partial charge in [-0.1, -0.05) is 49.2 Å². The molecule has 2 aromatic carbocycles. The van der Waals surface area contributed by atoms with E-state index in [1.54, 1.807) is 18.2 Å². The minimum Gasteiger partial charge on any atom is -0.454 e. The van der Waals surface area contributed by atoms with Crippen LogP contribution < -0.4 is 5.32 Å². The zero-order chi connectivity index (χ0) is 22.7. The largest absolute Gasteiger partial charge is 0.454 e. The number of anilines is 1. The van der Waals surface area contributed by atoms with E-state index in [4.69, 9.17) is 27.9 Å². The van der Waals surface area contributed by atoms with Crippen LogP contribution in [-0.4, -0.2) is 41.2 Å². The molecule has 1 N–H and O–H groups in total. The van der Waals surface area contributed by atoms with Crippen LogP contribution in [0.15, 0.2) is 42.5 Å². The number of carbonyl (C=O) groups excluding carboxylic acids is 4. The number of carbonyl (C=O) groups is 4. The first kappa shape index (κ1) is 22.8. The van der Waals surface area contributed by atoms with Crippen molar-refractivity contribution in [3.63, 3.8) is 0 Å². The Balaban J connectivity index is 1.69. The molecule has 3 rings (SSSR count). The maximum atomic E-state index is 12.8. The van der Waals surface area contributed by atoms with Crippen molar-refractivity contribution >= 4 is 52.6 Å². The summed E-state index contributed by atoms with van der Waals surface area (Å²) in [5.41, 5.74) is 0.868. The Morgan fingerprint density at radius 3 is 2.16 bits per heavy atom. The van der Waals surface area contributed by atoms with E-state index in [-0.39, 0.29) is 28.5 Å². The average Bonchev–Trinajstić information content (AvgIpc) is 2.98. The highest BCUT2D eigenvalue weighted by Gasteiger charge is 2.43. The number of nitrogens with one attached hydrogen (secondary N) is 1. The number of nitrogens with zero attached hydrogens (tertiary/aromatic N) is 1. The van der Waals surface area contributed by atoms with Crippen molar-refractivity contribution in [2.45, 2.75) is 26.3 Å². The quantitative estimate of drug-likeness (QED) is 0.491. The van der Waals surface area contributed by atoms with Crippen molar-refractivity contribution in [1.82, 2.24) is 4.90 Å². The maximum Gasteiger partial charge on any atom is 0.329 e. The smallest absolute Gasteiger partial charge is 0.329 e. The molecule has 1 unspecified atom stereocenters. The molecule has 0 spiro atoms. The van der Waals surface area contributed by atoms with Gasteiger partial charge in [0, 0.05) is 5.69 Å². The topological polar surface area (TPSA) is 92.8 Å². The number of esters is 1. The molecule has 2 aromatic rings. The van der Waals surface area contributed by atoms with Crippen molar-refractivity contribution < 1.29 is 23.9 Å². The summed E-state index contributed by atoms with van der Waals surface area (Å²) in [5, 5.41) is 3.14. The molecule has 1 aliphatic heterocycles. The molecule has 0 fully saturated rings. The van der Waals surface area contributed by atoms with Crippen LogP contribution in [0.1, 0.15) is 41.0 Å². The molecule has 3 amide bonds. The van der Waals surface area contributed by atoms with Crippen LogP contribution in [0.2, 0.25) is 10.0 Å². The van der Waals surface area contributed by atoms with E-state index in [0.717, 1.165) is 4.90 Å². The van der Waals surface area contributed by atoms with Gasteiger partial charge in [-0.3, -0.25) is 19.3 Å². The van der Waals surface area contributed by atoms with Gasteiger partial charge in [0.25, 0.3) is 17.7 Å². The summed E-state index contributed by atoms with van der Waals surface area (Å²) in [7, 11) is 0. The number of fused-ring (bicyclic) bond motifs is 1. The van der Waals surface area contributed by atoms with Crippen molar-refractivity contribution in [3.8, 4) is 0 Å². The van der Waals surface area contributed by atoms with E-state index in [1.807, 2.05) is 13.8 Å². The summed E-state index contributed by atoms with van der Waals surface area (Å²) < 4.78 is 5.14. The van der Waals surface area contributed by atoms with Crippen LogP contribution in [0.3, 0.4) is 0 Å². The number of imide groups is 1. The van der Waals surface area contributed by atoms with Crippen LogP contribution >= 0.6 is 23.2 Å². The van der Waals surface area contributed by atoms with Crippen LogP contribution in [0.5, 0.6) is 0 Å². The highest BCUT2D eigenvalue weighted by atomic mass is 35.5. The lowest BCUT2D eigenvalue weighted by molar-refractivity contribution is -0.151. The molecule has 31 heavy (non-hydrogen) atoms. The Morgan fingerprint density at radius 2 is 1.61 bits per heavy atom. The first-order chi connectivity index (χ1) is 14.7. The fraction of sp³-hybridized carbons (Fsp3) is 0.273. The van der Waals surface area contributed by atoms with E-state index in [2.05, 4.69) is 5.32 Å². The van der Waals surface area contributed by atoms with Gasteiger partial charge in [0.05, 0.1) is 21.2 Å². The van der Waals surface area contributed by atoms with Crippen LogP contribution in [0.25, 0.3) is 0 Å². The van der Waals surface area contributed by atoms with E-state index in [9.17, 15) is 19.2 Å². The first-order valence-corrected chi connectivity index (χ1v) is 10.3. The third-order valence-corrected chi connectivity index (χ3v) is 5.39. The van der Waals surface area contributed by atoms with Gasteiger partial charge in [-0.25, -0.2) is 4.79 Å². The molecule has 0 saturated heterocycles. The summed E-state index contributed by atoms with van der Waals surface area (Å²) in [5.74, 6) is -2.54. The standard InChI is InChI=1S/C22H20Cl2N2O5/c1-12(2)9-18(26-20(28)14-5-3-4-6-15(14)21(26)29)22(30)31-11-19(27)25-13-7-8-16(23)17(24)10-13/h3-8,10,12,18H,9,11H2,1-2H3,(H,25,27). The first-order valence-electron chi connectivity index (χ1n) is 9.57. The van der Waals surface area contributed by atoms with Gasteiger partial charge in [-0.15, -0.1) is 0 Å². The molecule has 1 heterocycles. The normalized spacial score (nSPS) is 13.9. The zero-order valence-electron chi connectivity index (χ0n) is 16.9. The number of amides is 3. The minimum absolute atomic E-state index is 0.00750. The summed E-state index contributed by atoms with van der Waals surface area (Å²) in [6, 6.07) is 9.78. The van der Waals surface area contributed by atoms with Gasteiger partial charge in [0.15, 0.2) is 6.61 Å². The van der Waals surface area contributed by atoms with E-state index in [1.165, 1.54) is 24.3 Å². The van der Waals surface area contributed by atoms with Gasteiger partial charge < -0.3 is 10.1 Å². The predicted octanol–water partition coefficient (Wildman–Crippen LogP) is 4.19. The molecular formula is C22H20Cl2N2O5. The molecule has 0 aliphatic carbocycles. The molecule has 0 saturated carbocycles. The average molecular weight is 463 g/mol. The van der Waals surface area contributed by atoms with Crippen molar-refractivity contribution in [3.05, 3.63) is 63.6 Å². The summed E-state index contributed by atoms with van der Waals surface area (Å²) in [6.45, 7) is 3.13. The summed E-state index contributed by atoms with van der Waals surface area (Å²) >= 11 is 11.8. The fourth-order valence-electron chi connectivity index (χ4n) is 3.25. The Morgan fingerprint density at radius 1 is 1.00 bits per heavy atom. The van der Waals surface area contributed by atoms with Gasteiger partial charge in [0.1, 0.15) is 6.04 Å². The van der Waals surface area contributed by atoms with Crippen molar-refractivity contribution in [2.75, 3.05) is 11.9 Å². The fourth-order valence-corrected chi connectivity index (χ4v) is 3.55. The lowest BCUT2D eigenvalue weighted by Gasteiger charge is -2.25. The lowest BCUT2D eigenvalue weighted by Crippen LogP contribution is -2.46. The number of benzene rings is 2. The zero-order valence-corrected chi connectivity index (χ0v) is 18.4. The lowest BCUT2D eigenvalue weighted by atomic mass is 10.0. The molecule has 1 atom stereocenters. The number of ether oxygens (including phenoxy) is 1. The predicted molar refractivity (Wildman–Crippen MR) is 116 cm³/mol. The second kappa shape index (κ2) is 9.49. The summed E-state index contributed by atoms with van der Waals surface area (Å²) in [4.78, 5) is 51.4. The molecular weight excluding hydrogens is 443 g/mol. The number of hydrogen-bond acceptors (Lipinski definition) is 5. The van der Waals surface area contributed by atoms with Crippen molar-refractivity contribution in [2.24, 2.45) is 5.92 Å². The number of rotatable bonds is 7. The summed E-state index contributed by atoms with van der Waals surface area (Å²) in [6.07, 6.45) is 0.207. The molecule has 7 nitrogen and oxygen atoms in total. The molecule has 1 aliphatic rings. The molecule has 0 radical (unpaired) electrons. The maximum absolute atomic E-state index is 12.8. The van der Waals surface area contributed by atoms with Crippen LogP contribution in [0, 0.1) is 5.92 Å². The second-order valence-electron chi connectivity index (χ2n) is 7.46. The third-order valence-electron chi connectivity index (χ3n) is 4.65. The highest BCUT2D eigenvalue weighted by Crippen LogP contribution is 2.28. The molecule has 9 heteroatoms. The second-order valence-corrected chi connectivity index (χ2v) is 8.27. The molecule has 0 aromatic heterocycles. The SMILES string of the molecule is CC(C)CC(C(=O)OCC(=O)Nc1ccc(Cl)c(Cl)c1)N1C(=O)c2ccccc2C1=O. The Bertz CT molecular complexity index is 1020. The van der Waals surface area contributed by atoms with Gasteiger partial charge in [0.2, 0.25) is 0 Å². The Labute approximate surface area is 189 Å². The molecule has 162 valence electrons. The van der Waals surface area contributed by atoms with Gasteiger partial charge in [-0.2, -0.15) is 0 Å². The third kappa shape index (κ3) is 5.06. The highest BCUT2D eigenvalue weighted by molar-refractivity contribution is 6.42. The van der Waals surface area contributed by atoms with E-state index >= 15 is 0 Å². The van der Waals surface area contributed by atoms with E-state index in [0.29, 0.717) is 10.7 Å².